The van der Waals surface area contributed by atoms with Gasteiger partial charge in [-0.15, -0.1) is 0 Å². The number of carbonyl (C=O) groups is 2. The van der Waals surface area contributed by atoms with Crippen molar-refractivity contribution in [3.05, 3.63) is 11.6 Å². The third-order valence-electron chi connectivity index (χ3n) is 2.75. The van der Waals surface area contributed by atoms with E-state index in [1.165, 1.54) is 0 Å². The first kappa shape index (κ1) is 22.5. The zero-order valence-corrected chi connectivity index (χ0v) is 14.2. The summed E-state index contributed by atoms with van der Waals surface area (Å²) in [5.74, 6) is -3.60. The average Bonchev–Trinajstić information content (AvgIpc) is 2.29. The highest BCUT2D eigenvalue weighted by Crippen LogP contribution is 2.36. The smallest absolute Gasteiger partial charge is 0.434 e. The van der Waals surface area contributed by atoms with Crippen molar-refractivity contribution >= 4 is 20.0 Å². The van der Waals surface area contributed by atoms with Crippen molar-refractivity contribution in [2.24, 2.45) is 0 Å². The van der Waals surface area contributed by atoms with Crippen molar-refractivity contribution < 1.29 is 45.8 Å². The molecule has 0 saturated heterocycles. The summed E-state index contributed by atoms with van der Waals surface area (Å²) >= 11 is 0. The van der Waals surface area contributed by atoms with Gasteiger partial charge in [-0.05, 0) is 6.42 Å². The fourth-order valence-corrected chi connectivity index (χ4v) is 2.93. The lowest BCUT2D eigenvalue weighted by Crippen LogP contribution is -2.45. The maximum absolute atomic E-state index is 12.4. The molecule has 0 aromatic carbocycles. The van der Waals surface area contributed by atoms with Gasteiger partial charge in [-0.25, -0.2) is 9.59 Å². The second-order valence-corrected chi connectivity index (χ2v) is 11.9. The van der Waals surface area contributed by atoms with Crippen LogP contribution in [-0.2, 0) is 14.3 Å². The van der Waals surface area contributed by atoms with Crippen LogP contribution in [0.2, 0.25) is 25.7 Å². The molecule has 0 aliphatic heterocycles. The van der Waals surface area contributed by atoms with E-state index in [-0.39, 0.29) is 18.9 Å². The minimum absolute atomic E-state index is 0.257. The lowest BCUT2D eigenvalue weighted by molar-refractivity contribution is -0.312. The Labute approximate surface area is 135 Å². The largest absolute Gasteiger partial charge is 0.478 e. The number of rotatable bonds is 7. The van der Waals surface area contributed by atoms with Crippen molar-refractivity contribution in [1.29, 1.82) is 0 Å². The van der Waals surface area contributed by atoms with Gasteiger partial charge in [-0.1, -0.05) is 32.1 Å². The lowest BCUT2D eigenvalue weighted by atomic mass is 10.1. The van der Waals surface area contributed by atoms with Crippen LogP contribution in [0.1, 0.15) is 12.8 Å². The van der Waals surface area contributed by atoms with Crippen molar-refractivity contribution in [1.82, 2.24) is 0 Å². The number of ether oxygens (including phenoxy) is 1. The second kappa shape index (κ2) is 8.04. The van der Waals surface area contributed by atoms with E-state index in [1.807, 2.05) is 19.6 Å². The van der Waals surface area contributed by atoms with Gasteiger partial charge in [0.1, 0.15) is 0 Å². The number of esters is 1. The van der Waals surface area contributed by atoms with E-state index in [2.05, 4.69) is 4.74 Å². The molecule has 0 spiro atoms. The molecule has 0 aliphatic rings. The molecule has 0 radical (unpaired) electrons. The summed E-state index contributed by atoms with van der Waals surface area (Å²) in [4.78, 5) is 22.2. The SMILES string of the molecule is C[Si](C)(C)CCCC(=CC(=O)O)C(=O)OC(C(F)(F)F)C(F)(F)F. The summed E-state index contributed by atoms with van der Waals surface area (Å²) in [6, 6.07) is 0.610. The molecule has 1 N–H and O–H groups in total. The van der Waals surface area contributed by atoms with E-state index < -0.39 is 44.0 Å². The van der Waals surface area contributed by atoms with Crippen LogP contribution in [-0.4, -0.2) is 43.6 Å². The minimum Gasteiger partial charge on any atom is -0.478 e. The van der Waals surface area contributed by atoms with Gasteiger partial charge in [-0.3, -0.25) is 0 Å². The number of hydrogen-bond acceptors (Lipinski definition) is 3. The summed E-state index contributed by atoms with van der Waals surface area (Å²) in [5, 5.41) is 8.63. The van der Waals surface area contributed by atoms with Crippen molar-refractivity contribution in [2.45, 2.75) is 57.0 Å². The quantitative estimate of drug-likeness (QED) is 0.312. The van der Waals surface area contributed by atoms with Gasteiger partial charge in [-0.2, -0.15) is 26.3 Å². The van der Waals surface area contributed by atoms with Crippen LogP contribution in [0.15, 0.2) is 11.6 Å². The van der Waals surface area contributed by atoms with E-state index in [1.54, 1.807) is 0 Å². The van der Waals surface area contributed by atoms with E-state index in [0.29, 0.717) is 6.04 Å². The lowest BCUT2D eigenvalue weighted by Gasteiger charge is -2.23. The van der Waals surface area contributed by atoms with E-state index >= 15 is 0 Å². The monoisotopic (exact) mass is 380 g/mol. The number of carboxylic acids is 1. The molecule has 24 heavy (non-hydrogen) atoms. The van der Waals surface area contributed by atoms with Gasteiger partial charge in [0.05, 0.1) is 0 Å². The Balaban J connectivity index is 5.22. The first-order chi connectivity index (χ1) is 10.5. The topological polar surface area (TPSA) is 63.6 Å². The number of halogens is 6. The van der Waals surface area contributed by atoms with Gasteiger partial charge in [0.15, 0.2) is 0 Å². The Morgan fingerprint density at radius 3 is 1.88 bits per heavy atom. The molecular formula is C13H18F6O4Si. The molecule has 0 rings (SSSR count). The second-order valence-electron chi connectivity index (χ2n) is 6.29. The highest BCUT2D eigenvalue weighted by molar-refractivity contribution is 6.76. The molecular weight excluding hydrogens is 362 g/mol. The first-order valence-corrected chi connectivity index (χ1v) is 10.5. The summed E-state index contributed by atoms with van der Waals surface area (Å²) in [5.41, 5.74) is -0.737. The summed E-state index contributed by atoms with van der Waals surface area (Å²) < 4.78 is 77.8. The average molecular weight is 380 g/mol. The molecule has 0 heterocycles. The Bertz CT molecular complexity index is 476. The Morgan fingerprint density at radius 1 is 1.08 bits per heavy atom. The van der Waals surface area contributed by atoms with Crippen LogP contribution < -0.4 is 0 Å². The zero-order chi connectivity index (χ0) is 19.3. The molecule has 0 amide bonds. The molecule has 140 valence electrons. The summed E-state index contributed by atoms with van der Waals surface area (Å²) in [6.45, 7) is 5.90. The Kier molecular flexibility index (Phi) is 7.53. The normalized spacial score (nSPS) is 14.0. The van der Waals surface area contributed by atoms with Crippen LogP contribution in [0.4, 0.5) is 26.3 Å². The van der Waals surface area contributed by atoms with E-state index in [4.69, 9.17) is 5.11 Å². The molecule has 0 saturated carbocycles. The number of carboxylic acid groups (broad SMARTS) is 1. The molecule has 4 nitrogen and oxygen atoms in total. The van der Waals surface area contributed by atoms with Gasteiger partial charge in [0.2, 0.25) is 0 Å². The number of alkyl halides is 6. The molecule has 0 bridgehead atoms. The maximum Gasteiger partial charge on any atom is 0.434 e. The van der Waals surface area contributed by atoms with Crippen molar-refractivity contribution in [3.63, 3.8) is 0 Å². The highest BCUT2D eigenvalue weighted by atomic mass is 28.3. The van der Waals surface area contributed by atoms with Crippen LogP contribution >= 0.6 is 0 Å². The molecule has 0 aromatic rings. The zero-order valence-electron chi connectivity index (χ0n) is 13.2. The van der Waals surface area contributed by atoms with Crippen LogP contribution in [0, 0.1) is 0 Å². The van der Waals surface area contributed by atoms with Crippen LogP contribution in [0.3, 0.4) is 0 Å². The standard InChI is InChI=1S/C13H18F6O4Si/c1-24(2,3)6-4-5-8(7-9(20)21)10(22)23-11(12(14,15)16)13(17,18)19/h7,11H,4-6H2,1-3H3,(H,20,21). The van der Waals surface area contributed by atoms with E-state index in [9.17, 15) is 35.9 Å². The van der Waals surface area contributed by atoms with Gasteiger partial charge >= 0.3 is 24.3 Å². The molecule has 0 fully saturated rings. The van der Waals surface area contributed by atoms with E-state index in [0.717, 1.165) is 0 Å². The third-order valence-corrected chi connectivity index (χ3v) is 4.61. The summed E-state index contributed by atoms with van der Waals surface area (Å²) in [7, 11) is -1.58. The van der Waals surface area contributed by atoms with Gasteiger partial charge < -0.3 is 9.84 Å². The number of aliphatic carboxylic acids is 1. The number of carbonyl (C=O) groups excluding carboxylic acids is 1. The molecule has 0 aromatic heterocycles. The molecule has 0 aliphatic carbocycles. The molecule has 0 unspecified atom stereocenters. The fourth-order valence-electron chi connectivity index (χ4n) is 1.69. The predicted molar refractivity (Wildman–Crippen MR) is 75.1 cm³/mol. The highest BCUT2D eigenvalue weighted by Gasteiger charge is 2.60. The van der Waals surface area contributed by atoms with Crippen molar-refractivity contribution in [3.8, 4) is 0 Å². The minimum atomic E-state index is -5.85. The first-order valence-electron chi connectivity index (χ1n) is 6.82. The van der Waals surface area contributed by atoms with Crippen LogP contribution in [0.25, 0.3) is 0 Å². The van der Waals surface area contributed by atoms with Gasteiger partial charge in [0.25, 0.3) is 6.10 Å². The third kappa shape index (κ3) is 8.94. The summed E-state index contributed by atoms with van der Waals surface area (Å²) in [6.07, 6.45) is -15.7. The Hall–Kier alpha value is -1.52. The number of hydrogen-bond donors (Lipinski definition) is 1. The van der Waals surface area contributed by atoms with Gasteiger partial charge in [0, 0.05) is 19.7 Å². The van der Waals surface area contributed by atoms with Crippen molar-refractivity contribution in [2.75, 3.05) is 0 Å². The predicted octanol–water partition coefficient (Wildman–Crippen LogP) is 4.15. The molecule has 11 heteroatoms. The Morgan fingerprint density at radius 2 is 1.54 bits per heavy atom. The fraction of sp³-hybridized carbons (Fsp3) is 0.692. The van der Waals surface area contributed by atoms with Crippen LogP contribution in [0.5, 0.6) is 0 Å². The maximum atomic E-state index is 12.4. The molecule has 0 atom stereocenters.